The van der Waals surface area contributed by atoms with Crippen LogP contribution >= 0.6 is 0 Å². The number of allylic oxidation sites excluding steroid dienone is 1. The number of halogens is 1. The van der Waals surface area contributed by atoms with Crippen molar-refractivity contribution < 1.29 is 43.9 Å². The smallest absolute Gasteiger partial charge is 0.255 e. The molecular weight excluding hydrogens is 575 g/mol. The van der Waals surface area contributed by atoms with E-state index in [1.807, 2.05) is 0 Å². The number of anilines is 2. The zero-order valence-electron chi connectivity index (χ0n) is 24.9. The highest BCUT2D eigenvalue weighted by Crippen LogP contribution is 2.55. The number of ketones is 1. The average molecular weight is 611 g/mol. The zero-order chi connectivity index (χ0) is 32.4. The third-order valence-electron chi connectivity index (χ3n) is 9.05. The van der Waals surface area contributed by atoms with E-state index in [2.05, 4.69) is 5.32 Å². The lowest BCUT2D eigenvalue weighted by Crippen LogP contribution is -2.66. The van der Waals surface area contributed by atoms with Crippen molar-refractivity contribution in [1.29, 1.82) is 0 Å². The number of aliphatic hydroxyl groups excluding tert-OH is 3. The highest BCUT2D eigenvalue weighted by Gasteiger charge is 2.64. The number of benzene rings is 2. The van der Waals surface area contributed by atoms with Crippen molar-refractivity contribution >= 4 is 29.0 Å². The Morgan fingerprint density at radius 3 is 2.41 bits per heavy atom. The fourth-order valence-electron chi connectivity index (χ4n) is 7.00. The van der Waals surface area contributed by atoms with Crippen LogP contribution in [0.5, 0.6) is 5.75 Å². The molecule has 0 spiro atoms. The van der Waals surface area contributed by atoms with Gasteiger partial charge in [0.25, 0.3) is 11.8 Å². The first-order chi connectivity index (χ1) is 20.7. The van der Waals surface area contributed by atoms with E-state index in [1.54, 1.807) is 62.3 Å². The summed E-state index contributed by atoms with van der Waals surface area (Å²) in [6.45, 7) is 0. The third kappa shape index (κ3) is 4.42. The Morgan fingerprint density at radius 1 is 1.14 bits per heavy atom. The van der Waals surface area contributed by atoms with Crippen LogP contribution in [0.2, 0.25) is 0 Å². The number of hydrogen-bond donors (Lipinski definition) is 6. The summed E-state index contributed by atoms with van der Waals surface area (Å²) < 4.78 is 21.4. The van der Waals surface area contributed by atoms with Gasteiger partial charge < -0.3 is 41.1 Å². The molecule has 3 aliphatic carbocycles. The van der Waals surface area contributed by atoms with E-state index >= 15 is 4.39 Å². The van der Waals surface area contributed by atoms with Crippen LogP contribution in [0, 0.1) is 17.7 Å². The summed E-state index contributed by atoms with van der Waals surface area (Å²) in [5, 5.41) is 47.8. The van der Waals surface area contributed by atoms with E-state index in [0.717, 1.165) is 11.8 Å². The Hall–Kier alpha value is -4.46. The van der Waals surface area contributed by atoms with Gasteiger partial charge in [-0.3, -0.25) is 19.3 Å². The number of nitrogens with one attached hydrogen (secondary N) is 1. The molecule has 3 aliphatic rings. The Labute approximate surface area is 252 Å². The molecule has 44 heavy (non-hydrogen) atoms. The lowest BCUT2D eigenvalue weighted by Gasteiger charge is -2.54. The minimum atomic E-state index is -2.08. The molecule has 0 radical (unpaired) electrons. The number of phenolic OH excluding ortho intramolecular Hbond substituents is 1. The Kier molecular flexibility index (Phi) is 7.69. The van der Waals surface area contributed by atoms with Crippen LogP contribution in [0.1, 0.15) is 32.7 Å². The van der Waals surface area contributed by atoms with E-state index in [4.69, 9.17) is 10.5 Å². The summed E-state index contributed by atoms with van der Waals surface area (Å²) in [6, 6.07) is 6.56. The number of carbonyl (C=O) groups excluding carboxylic acids is 3. The molecule has 7 N–H and O–H groups in total. The molecule has 1 unspecified atom stereocenters. The van der Waals surface area contributed by atoms with Gasteiger partial charge in [-0.2, -0.15) is 0 Å². The predicted octanol–water partition coefficient (Wildman–Crippen LogP) is 2.02. The van der Waals surface area contributed by atoms with Gasteiger partial charge in [0, 0.05) is 55.6 Å². The van der Waals surface area contributed by atoms with Gasteiger partial charge in [0.1, 0.15) is 23.4 Å². The Balaban J connectivity index is 1.62. The number of aromatic hydroxyl groups is 1. The molecule has 0 heterocycles. The minimum absolute atomic E-state index is 0.0231. The number of ether oxygens (including phenoxy) is 1. The van der Waals surface area contributed by atoms with Crippen molar-refractivity contribution in [1.82, 2.24) is 4.90 Å². The second-order valence-electron chi connectivity index (χ2n) is 11.8. The van der Waals surface area contributed by atoms with E-state index in [9.17, 15) is 34.8 Å². The van der Waals surface area contributed by atoms with Gasteiger partial charge in [-0.05, 0) is 51.1 Å². The van der Waals surface area contributed by atoms with Crippen molar-refractivity contribution in [2.45, 2.75) is 30.6 Å². The Morgan fingerprint density at radius 2 is 1.82 bits per heavy atom. The molecule has 12 nitrogen and oxygen atoms in total. The lowest BCUT2D eigenvalue weighted by atomic mass is 9.58. The number of rotatable bonds is 6. The molecule has 13 heteroatoms. The summed E-state index contributed by atoms with van der Waals surface area (Å²) in [5.41, 5.74) is 2.65. The van der Waals surface area contributed by atoms with Crippen LogP contribution in [-0.4, -0.2) is 96.0 Å². The van der Waals surface area contributed by atoms with E-state index in [1.165, 1.54) is 7.11 Å². The fourth-order valence-corrected chi connectivity index (χ4v) is 7.00. The number of primary amides is 1. The number of phenols is 1. The molecular formula is C31H35FN4O8. The molecule has 0 bridgehead atoms. The van der Waals surface area contributed by atoms with Gasteiger partial charge in [-0.1, -0.05) is 6.07 Å². The molecule has 2 aromatic carbocycles. The van der Waals surface area contributed by atoms with Crippen molar-refractivity contribution in [2.75, 3.05) is 45.5 Å². The maximum Gasteiger partial charge on any atom is 0.255 e. The molecule has 0 aliphatic heterocycles. The summed E-state index contributed by atoms with van der Waals surface area (Å²) >= 11 is 0. The number of nitrogens with zero attached hydrogens (tertiary/aromatic N) is 2. The molecule has 0 fully saturated rings. The number of fused-ring (bicyclic) bond motifs is 3. The number of Topliss-reactive ketones (excluding diaryl/α,β-unsaturated/α-hetero) is 1. The molecule has 5 atom stereocenters. The standard InChI is InChI=1S/C31H35FN4O8/c1-35(2)15-8-6-7-13(9-15)30(43)34-19-12-18(32)16-10-14-11-17-23(36(3)4)26(39)22(29(33)42)28(41)31(17,44-5)27(40)20(14)25(38)21(16)24(19)37/h6-9,12,14,17,23,28,37,39-41H,10-11H2,1-5H3,(H2,33,42)(H,34,43)/t14-,17-,23-,28?,31-/m0/s1. The third-order valence-corrected chi connectivity index (χ3v) is 9.05. The van der Waals surface area contributed by atoms with Crippen molar-refractivity contribution in [2.24, 2.45) is 17.6 Å². The van der Waals surface area contributed by atoms with Crippen molar-refractivity contribution in [3.8, 4) is 5.75 Å². The van der Waals surface area contributed by atoms with Crippen LogP contribution < -0.4 is 16.0 Å². The van der Waals surface area contributed by atoms with Gasteiger partial charge in [-0.15, -0.1) is 0 Å². The van der Waals surface area contributed by atoms with Gasteiger partial charge in [0.15, 0.2) is 17.1 Å². The largest absolute Gasteiger partial charge is 0.510 e. The van der Waals surface area contributed by atoms with Crippen LogP contribution in [-0.2, 0) is 16.0 Å². The van der Waals surface area contributed by atoms with Gasteiger partial charge in [0.2, 0.25) is 0 Å². The highest BCUT2D eigenvalue weighted by molar-refractivity contribution is 6.15. The molecule has 2 amide bonds. The SMILES string of the molecule is CO[C@]12C(O)=C3C(=O)c4c(O)c(NC(=O)c5cccc(N(C)C)c5)cc(F)c4C[C@H]3C[C@H]1[C@H](N(C)C)C(O)=C(C(N)=O)C2O. The van der Waals surface area contributed by atoms with Crippen LogP contribution in [0.4, 0.5) is 15.8 Å². The summed E-state index contributed by atoms with van der Waals surface area (Å²) in [6.07, 6.45) is -2.06. The van der Waals surface area contributed by atoms with Gasteiger partial charge >= 0.3 is 0 Å². The normalized spacial score (nSPS) is 26.2. The summed E-state index contributed by atoms with van der Waals surface area (Å²) in [7, 11) is 8.00. The van der Waals surface area contributed by atoms with E-state index in [-0.39, 0.29) is 35.2 Å². The maximum absolute atomic E-state index is 15.6. The van der Waals surface area contributed by atoms with Crippen molar-refractivity contribution in [3.05, 3.63) is 75.5 Å². The lowest BCUT2D eigenvalue weighted by molar-refractivity contribution is -0.159. The first-order valence-electron chi connectivity index (χ1n) is 13.9. The number of methoxy groups -OCH3 is 1. The first-order valence-corrected chi connectivity index (χ1v) is 13.9. The van der Waals surface area contributed by atoms with Gasteiger partial charge in [-0.25, -0.2) is 4.39 Å². The van der Waals surface area contributed by atoms with E-state index < -0.39 is 81.4 Å². The maximum atomic E-state index is 15.6. The van der Waals surface area contributed by atoms with Crippen LogP contribution in [0.3, 0.4) is 0 Å². The minimum Gasteiger partial charge on any atom is -0.510 e. The molecule has 234 valence electrons. The number of nitrogens with two attached hydrogens (primary N) is 1. The summed E-state index contributed by atoms with van der Waals surface area (Å²) in [5.74, 6) is -7.19. The number of carbonyl (C=O) groups is 3. The number of likely N-dealkylation sites (N-methyl/N-ethyl adjacent to an activating group) is 1. The Bertz CT molecular complexity index is 1650. The monoisotopic (exact) mass is 610 g/mol. The second-order valence-corrected chi connectivity index (χ2v) is 11.8. The van der Waals surface area contributed by atoms with Gasteiger partial charge in [0.05, 0.1) is 22.9 Å². The van der Waals surface area contributed by atoms with E-state index in [0.29, 0.717) is 0 Å². The number of hydrogen-bond acceptors (Lipinski definition) is 10. The quantitative estimate of drug-likeness (QED) is 0.264. The molecule has 0 saturated heterocycles. The summed E-state index contributed by atoms with van der Waals surface area (Å²) in [4.78, 5) is 42.8. The average Bonchev–Trinajstić information content (AvgIpc) is 2.95. The predicted molar refractivity (Wildman–Crippen MR) is 158 cm³/mol. The van der Waals surface area contributed by atoms with Crippen LogP contribution in [0.25, 0.3) is 0 Å². The highest BCUT2D eigenvalue weighted by atomic mass is 19.1. The topological polar surface area (TPSA) is 186 Å². The molecule has 0 aromatic heterocycles. The second kappa shape index (κ2) is 10.9. The van der Waals surface area contributed by atoms with Crippen LogP contribution in [0.15, 0.2) is 53.0 Å². The molecule has 0 saturated carbocycles. The fraction of sp³-hybridized carbons (Fsp3) is 0.387. The van der Waals surface area contributed by atoms with Crippen molar-refractivity contribution in [3.63, 3.8) is 0 Å². The first kappa shape index (κ1) is 31.0. The molecule has 2 aromatic rings. The zero-order valence-corrected chi connectivity index (χ0v) is 24.9. The molecule has 5 rings (SSSR count). The number of amides is 2. The number of aliphatic hydroxyl groups is 3.